The van der Waals surface area contributed by atoms with Gasteiger partial charge in [0.1, 0.15) is 0 Å². The Morgan fingerprint density at radius 1 is 1.56 bits per heavy atom. The quantitative estimate of drug-likeness (QED) is 0.875. The van der Waals surface area contributed by atoms with E-state index < -0.39 is 10.8 Å². The Bertz CT molecular complexity index is 647. The zero-order chi connectivity index (χ0) is 13.3. The minimum atomic E-state index is -0.776. The van der Waals surface area contributed by atoms with Crippen molar-refractivity contribution in [3.8, 4) is 0 Å². The number of hydrogen-bond acceptors (Lipinski definition) is 2. The number of H-pyrrole nitrogens is 1. The van der Waals surface area contributed by atoms with Crippen LogP contribution in [0.3, 0.4) is 0 Å². The van der Waals surface area contributed by atoms with Crippen LogP contribution in [0.5, 0.6) is 0 Å². The van der Waals surface area contributed by atoms with E-state index in [0.29, 0.717) is 15.5 Å². The molecular formula is C12H15ClN2OS2. The summed E-state index contributed by atoms with van der Waals surface area (Å²) in [5.74, 6) is 0.677. The number of aromatic amines is 1. The first-order valence-corrected chi connectivity index (χ1v) is 8.21. The Morgan fingerprint density at radius 2 is 2.28 bits per heavy atom. The maximum Gasteiger partial charge on any atom is 0.178 e. The van der Waals surface area contributed by atoms with Crippen LogP contribution in [0, 0.1) is 4.77 Å². The molecule has 0 aliphatic rings. The van der Waals surface area contributed by atoms with Gasteiger partial charge >= 0.3 is 0 Å². The number of para-hydroxylation sites is 1. The van der Waals surface area contributed by atoms with Crippen LogP contribution in [0.4, 0.5) is 0 Å². The molecule has 0 fully saturated rings. The van der Waals surface area contributed by atoms with E-state index in [9.17, 15) is 4.21 Å². The number of nitrogens with zero attached hydrogens (tertiary/aromatic N) is 1. The van der Waals surface area contributed by atoms with Gasteiger partial charge in [-0.2, -0.15) is 0 Å². The van der Waals surface area contributed by atoms with Gasteiger partial charge in [0.15, 0.2) is 4.77 Å². The number of aromatic nitrogens is 2. The lowest BCUT2D eigenvalue weighted by Crippen LogP contribution is -2.09. The SMILES string of the molecule is CC(CCS(C)=O)n1c(=S)[nH]c2c(Cl)cccc21. The van der Waals surface area contributed by atoms with Gasteiger partial charge in [-0.1, -0.05) is 17.7 Å². The molecule has 98 valence electrons. The second-order valence-electron chi connectivity index (χ2n) is 4.35. The Kier molecular flexibility index (Phi) is 4.25. The first-order chi connectivity index (χ1) is 8.50. The highest BCUT2D eigenvalue weighted by molar-refractivity contribution is 7.84. The van der Waals surface area contributed by atoms with Crippen LogP contribution in [-0.2, 0) is 10.8 Å². The number of fused-ring (bicyclic) bond motifs is 1. The third kappa shape index (κ3) is 2.68. The molecule has 2 aromatic rings. The molecule has 6 heteroatoms. The van der Waals surface area contributed by atoms with Crippen molar-refractivity contribution in [2.24, 2.45) is 0 Å². The lowest BCUT2D eigenvalue weighted by molar-refractivity contribution is 0.539. The first kappa shape index (κ1) is 13.8. The molecule has 1 aromatic heterocycles. The molecule has 1 heterocycles. The van der Waals surface area contributed by atoms with E-state index in [2.05, 4.69) is 11.9 Å². The molecule has 3 nitrogen and oxygen atoms in total. The van der Waals surface area contributed by atoms with E-state index in [1.165, 1.54) is 0 Å². The number of imidazole rings is 1. The monoisotopic (exact) mass is 302 g/mol. The number of benzene rings is 1. The smallest absolute Gasteiger partial charge is 0.178 e. The fraction of sp³-hybridized carbons (Fsp3) is 0.417. The van der Waals surface area contributed by atoms with Gasteiger partial charge in [0.25, 0.3) is 0 Å². The molecule has 0 aliphatic heterocycles. The van der Waals surface area contributed by atoms with Crippen molar-refractivity contribution in [1.82, 2.24) is 9.55 Å². The van der Waals surface area contributed by atoms with E-state index in [0.717, 1.165) is 17.5 Å². The zero-order valence-corrected chi connectivity index (χ0v) is 12.7. The second kappa shape index (κ2) is 5.55. The van der Waals surface area contributed by atoms with Gasteiger partial charge in [0.05, 0.1) is 16.1 Å². The maximum atomic E-state index is 11.2. The normalized spacial score (nSPS) is 14.8. The standard InChI is InChI=1S/C12H15ClN2OS2/c1-8(6-7-18(2)16)15-10-5-3-4-9(13)11(10)14-12(15)17/h3-5,8H,6-7H2,1-2H3,(H,14,17). The molecule has 0 amide bonds. The molecule has 0 saturated heterocycles. The van der Waals surface area contributed by atoms with Crippen LogP contribution in [0.25, 0.3) is 11.0 Å². The molecular weight excluding hydrogens is 288 g/mol. The van der Waals surface area contributed by atoms with Crippen LogP contribution in [0.15, 0.2) is 18.2 Å². The topological polar surface area (TPSA) is 37.8 Å². The summed E-state index contributed by atoms with van der Waals surface area (Å²) >= 11 is 11.5. The van der Waals surface area contributed by atoms with Crippen LogP contribution in [0.1, 0.15) is 19.4 Å². The Hall–Kier alpha value is -0.650. The maximum absolute atomic E-state index is 11.2. The Balaban J connectivity index is 2.44. The molecule has 0 bridgehead atoms. The lowest BCUT2D eigenvalue weighted by atomic mass is 10.2. The molecule has 18 heavy (non-hydrogen) atoms. The predicted octanol–water partition coefficient (Wildman–Crippen LogP) is 3.68. The molecule has 0 spiro atoms. The Labute approximate surface area is 119 Å². The van der Waals surface area contributed by atoms with E-state index >= 15 is 0 Å². The average Bonchev–Trinajstić information content (AvgIpc) is 2.64. The van der Waals surface area contributed by atoms with Crippen molar-refractivity contribution in [2.45, 2.75) is 19.4 Å². The summed E-state index contributed by atoms with van der Waals surface area (Å²) in [5, 5.41) is 0.670. The summed E-state index contributed by atoms with van der Waals surface area (Å²) < 4.78 is 13.9. The highest BCUT2D eigenvalue weighted by Gasteiger charge is 2.12. The molecule has 2 unspecified atom stereocenters. The minimum absolute atomic E-state index is 0.202. The van der Waals surface area contributed by atoms with Gasteiger partial charge in [0, 0.05) is 28.9 Å². The van der Waals surface area contributed by atoms with Crippen molar-refractivity contribution >= 4 is 45.7 Å². The summed E-state index contributed by atoms with van der Waals surface area (Å²) in [6.45, 7) is 2.08. The van der Waals surface area contributed by atoms with Gasteiger partial charge < -0.3 is 9.55 Å². The lowest BCUT2D eigenvalue weighted by Gasteiger charge is -2.13. The van der Waals surface area contributed by atoms with Gasteiger partial charge in [0.2, 0.25) is 0 Å². The van der Waals surface area contributed by atoms with Crippen molar-refractivity contribution < 1.29 is 4.21 Å². The number of nitrogens with one attached hydrogen (secondary N) is 1. The molecule has 0 saturated carbocycles. The van der Waals surface area contributed by atoms with Crippen LogP contribution < -0.4 is 0 Å². The van der Waals surface area contributed by atoms with Crippen molar-refractivity contribution in [3.05, 3.63) is 28.0 Å². The van der Waals surface area contributed by atoms with Gasteiger partial charge in [-0.15, -0.1) is 0 Å². The van der Waals surface area contributed by atoms with E-state index in [1.54, 1.807) is 6.26 Å². The van der Waals surface area contributed by atoms with Crippen molar-refractivity contribution in [1.29, 1.82) is 0 Å². The highest BCUT2D eigenvalue weighted by atomic mass is 35.5. The highest BCUT2D eigenvalue weighted by Crippen LogP contribution is 2.26. The summed E-state index contributed by atoms with van der Waals surface area (Å²) in [6, 6.07) is 5.95. The number of rotatable bonds is 4. The van der Waals surface area contributed by atoms with Crippen LogP contribution >= 0.6 is 23.8 Å². The molecule has 1 N–H and O–H groups in total. The predicted molar refractivity (Wildman–Crippen MR) is 80.4 cm³/mol. The van der Waals surface area contributed by atoms with E-state index in [4.69, 9.17) is 23.8 Å². The summed E-state index contributed by atoms with van der Waals surface area (Å²) in [6.07, 6.45) is 2.55. The average molecular weight is 303 g/mol. The largest absolute Gasteiger partial charge is 0.329 e. The zero-order valence-electron chi connectivity index (χ0n) is 10.3. The summed E-state index contributed by atoms with van der Waals surface area (Å²) in [7, 11) is -0.776. The first-order valence-electron chi connectivity index (χ1n) is 5.69. The minimum Gasteiger partial charge on any atom is -0.329 e. The summed E-state index contributed by atoms with van der Waals surface area (Å²) in [5.41, 5.74) is 1.87. The third-order valence-electron chi connectivity index (χ3n) is 2.97. The van der Waals surface area contributed by atoms with Gasteiger partial charge in [-0.25, -0.2) is 0 Å². The molecule has 2 rings (SSSR count). The second-order valence-corrected chi connectivity index (χ2v) is 6.70. The molecule has 2 atom stereocenters. The third-order valence-corrected chi connectivity index (χ3v) is 4.39. The van der Waals surface area contributed by atoms with Crippen LogP contribution in [-0.4, -0.2) is 25.8 Å². The number of halogens is 1. The van der Waals surface area contributed by atoms with Crippen LogP contribution in [0.2, 0.25) is 5.02 Å². The van der Waals surface area contributed by atoms with Gasteiger partial charge in [-0.05, 0) is 37.7 Å². The molecule has 1 aromatic carbocycles. The van der Waals surface area contributed by atoms with Gasteiger partial charge in [-0.3, -0.25) is 4.21 Å². The fourth-order valence-electron chi connectivity index (χ4n) is 2.02. The molecule has 0 radical (unpaired) electrons. The van der Waals surface area contributed by atoms with E-state index in [1.807, 2.05) is 22.8 Å². The van der Waals surface area contributed by atoms with Crippen molar-refractivity contribution in [3.63, 3.8) is 0 Å². The Morgan fingerprint density at radius 3 is 2.94 bits per heavy atom. The van der Waals surface area contributed by atoms with E-state index in [-0.39, 0.29) is 6.04 Å². The van der Waals surface area contributed by atoms with Crippen molar-refractivity contribution in [2.75, 3.05) is 12.0 Å². The molecule has 0 aliphatic carbocycles. The fourth-order valence-corrected chi connectivity index (χ4v) is 3.29. The summed E-state index contributed by atoms with van der Waals surface area (Å²) in [4.78, 5) is 3.13. The number of hydrogen-bond donors (Lipinski definition) is 1.